The Morgan fingerprint density at radius 1 is 1.04 bits per heavy atom. The van der Waals surface area contributed by atoms with Gasteiger partial charge in [0.1, 0.15) is 5.75 Å². The Bertz CT molecular complexity index is 751. The van der Waals surface area contributed by atoms with Crippen molar-refractivity contribution in [3.8, 4) is 5.75 Å². The summed E-state index contributed by atoms with van der Waals surface area (Å²) in [5, 5.41) is 9.81. The minimum absolute atomic E-state index is 0.111. The number of hydrogen-bond acceptors (Lipinski definition) is 4. The van der Waals surface area contributed by atoms with Gasteiger partial charge in [0.25, 0.3) is 5.91 Å². The zero-order valence-corrected chi connectivity index (χ0v) is 17.4. The Hall–Kier alpha value is -2.67. The van der Waals surface area contributed by atoms with Gasteiger partial charge in [0.15, 0.2) is 5.96 Å². The molecular formula is C21H28N4O2S. The molecule has 3 N–H and O–H groups in total. The van der Waals surface area contributed by atoms with E-state index in [1.54, 1.807) is 38.4 Å². The number of ether oxygens (including phenoxy) is 1. The van der Waals surface area contributed by atoms with E-state index in [9.17, 15) is 4.79 Å². The van der Waals surface area contributed by atoms with Crippen LogP contribution < -0.4 is 20.7 Å². The van der Waals surface area contributed by atoms with Crippen LogP contribution in [0.5, 0.6) is 5.75 Å². The molecule has 0 spiro atoms. The van der Waals surface area contributed by atoms with E-state index in [0.29, 0.717) is 23.9 Å². The highest BCUT2D eigenvalue weighted by molar-refractivity contribution is 8.00. The van der Waals surface area contributed by atoms with Gasteiger partial charge in [0.05, 0.1) is 7.11 Å². The predicted molar refractivity (Wildman–Crippen MR) is 116 cm³/mol. The number of thioether (sulfide) groups is 1. The van der Waals surface area contributed by atoms with Crippen molar-refractivity contribution in [2.75, 3.05) is 33.8 Å². The van der Waals surface area contributed by atoms with Crippen LogP contribution in [0.15, 0.2) is 64.5 Å². The maximum Gasteiger partial charge on any atom is 0.251 e. The Kier molecular flexibility index (Phi) is 9.21. The molecule has 0 bridgehead atoms. The third-order valence-electron chi connectivity index (χ3n) is 3.92. The van der Waals surface area contributed by atoms with Crippen molar-refractivity contribution < 1.29 is 9.53 Å². The van der Waals surface area contributed by atoms with Crippen molar-refractivity contribution in [2.24, 2.45) is 4.99 Å². The second kappa shape index (κ2) is 11.9. The van der Waals surface area contributed by atoms with Crippen LogP contribution in [0.25, 0.3) is 0 Å². The van der Waals surface area contributed by atoms with Crippen LogP contribution in [0.2, 0.25) is 0 Å². The zero-order valence-electron chi connectivity index (χ0n) is 16.6. The summed E-state index contributed by atoms with van der Waals surface area (Å²) in [6.07, 6.45) is 0. The molecule has 0 saturated heterocycles. The number of aliphatic imine (C=N–C) groups is 1. The number of nitrogens with zero attached hydrogens (tertiary/aromatic N) is 1. The van der Waals surface area contributed by atoms with E-state index in [0.717, 1.165) is 18.3 Å². The van der Waals surface area contributed by atoms with Gasteiger partial charge in [-0.1, -0.05) is 25.1 Å². The number of carbonyl (C=O) groups excluding carboxylic acids is 1. The Labute approximate surface area is 171 Å². The lowest BCUT2D eigenvalue weighted by molar-refractivity contribution is 0.0954. The van der Waals surface area contributed by atoms with Gasteiger partial charge in [-0.3, -0.25) is 9.79 Å². The van der Waals surface area contributed by atoms with E-state index in [4.69, 9.17) is 4.74 Å². The summed E-state index contributed by atoms with van der Waals surface area (Å²) in [6, 6.07) is 17.4. The number of hydrogen-bond donors (Lipinski definition) is 3. The number of benzene rings is 2. The molecule has 2 aromatic rings. The minimum Gasteiger partial charge on any atom is -0.497 e. The topological polar surface area (TPSA) is 74.8 Å². The first-order valence-corrected chi connectivity index (χ1v) is 10.1. The molecule has 1 amide bonds. The largest absolute Gasteiger partial charge is 0.497 e. The van der Waals surface area contributed by atoms with E-state index in [1.807, 2.05) is 30.0 Å². The number of guanidine groups is 1. The molecule has 0 aliphatic heterocycles. The maximum atomic E-state index is 12.1. The average Bonchev–Trinajstić information content (AvgIpc) is 2.73. The summed E-state index contributed by atoms with van der Waals surface area (Å²) in [6.45, 7) is 4.05. The Morgan fingerprint density at radius 3 is 2.36 bits per heavy atom. The van der Waals surface area contributed by atoms with E-state index in [-0.39, 0.29) is 5.91 Å². The first kappa shape index (κ1) is 21.6. The minimum atomic E-state index is -0.111. The van der Waals surface area contributed by atoms with Crippen molar-refractivity contribution in [3.05, 3.63) is 60.2 Å². The van der Waals surface area contributed by atoms with Gasteiger partial charge in [0.2, 0.25) is 0 Å². The molecule has 7 heteroatoms. The highest BCUT2D eigenvalue weighted by atomic mass is 32.2. The lowest BCUT2D eigenvalue weighted by Crippen LogP contribution is -2.43. The molecule has 0 radical (unpaired) electrons. The second-order valence-electron chi connectivity index (χ2n) is 6.11. The van der Waals surface area contributed by atoms with Crippen LogP contribution in [0, 0.1) is 0 Å². The highest BCUT2D eigenvalue weighted by Gasteiger charge is 2.07. The lowest BCUT2D eigenvalue weighted by Gasteiger charge is -2.16. The van der Waals surface area contributed by atoms with E-state index in [2.05, 4.69) is 40.0 Å². The first-order chi connectivity index (χ1) is 13.6. The zero-order chi connectivity index (χ0) is 20.2. The molecule has 0 aliphatic carbocycles. The molecule has 0 saturated carbocycles. The molecule has 28 heavy (non-hydrogen) atoms. The maximum absolute atomic E-state index is 12.1. The fourth-order valence-corrected chi connectivity index (χ4v) is 3.38. The van der Waals surface area contributed by atoms with Gasteiger partial charge in [-0.05, 0) is 36.4 Å². The van der Waals surface area contributed by atoms with Crippen molar-refractivity contribution in [1.82, 2.24) is 16.0 Å². The molecule has 1 unspecified atom stereocenters. The van der Waals surface area contributed by atoms with Gasteiger partial charge in [-0.25, -0.2) is 0 Å². The fourth-order valence-electron chi connectivity index (χ4n) is 2.44. The van der Waals surface area contributed by atoms with Gasteiger partial charge in [-0.15, -0.1) is 11.8 Å². The fraction of sp³-hybridized carbons (Fsp3) is 0.333. The van der Waals surface area contributed by atoms with Gasteiger partial charge in [0, 0.05) is 42.4 Å². The van der Waals surface area contributed by atoms with Gasteiger partial charge in [-0.2, -0.15) is 0 Å². The van der Waals surface area contributed by atoms with Crippen molar-refractivity contribution in [2.45, 2.75) is 17.1 Å². The normalized spacial score (nSPS) is 12.2. The van der Waals surface area contributed by atoms with Crippen molar-refractivity contribution in [1.29, 1.82) is 0 Å². The summed E-state index contributed by atoms with van der Waals surface area (Å²) in [5.74, 6) is 1.34. The summed E-state index contributed by atoms with van der Waals surface area (Å²) in [5.41, 5.74) is 0.607. The monoisotopic (exact) mass is 400 g/mol. The third-order valence-corrected chi connectivity index (χ3v) is 5.03. The summed E-state index contributed by atoms with van der Waals surface area (Å²) in [7, 11) is 3.34. The Balaban J connectivity index is 1.65. The summed E-state index contributed by atoms with van der Waals surface area (Å²) >= 11 is 1.82. The molecule has 0 fully saturated rings. The van der Waals surface area contributed by atoms with E-state index < -0.39 is 0 Å². The summed E-state index contributed by atoms with van der Waals surface area (Å²) < 4.78 is 5.10. The molecule has 1 atom stereocenters. The predicted octanol–water partition coefficient (Wildman–Crippen LogP) is 2.77. The number of nitrogens with one attached hydrogen (secondary N) is 3. The molecule has 150 valence electrons. The van der Waals surface area contributed by atoms with E-state index >= 15 is 0 Å². The molecule has 2 rings (SSSR count). The van der Waals surface area contributed by atoms with Crippen LogP contribution >= 0.6 is 11.8 Å². The second-order valence-corrected chi connectivity index (χ2v) is 7.62. The molecule has 6 nitrogen and oxygen atoms in total. The van der Waals surface area contributed by atoms with Crippen LogP contribution in [0.4, 0.5) is 0 Å². The third kappa shape index (κ3) is 7.52. The van der Waals surface area contributed by atoms with Crippen molar-refractivity contribution in [3.63, 3.8) is 0 Å². The molecule has 2 aromatic carbocycles. The number of carbonyl (C=O) groups is 1. The Morgan fingerprint density at radius 2 is 1.71 bits per heavy atom. The van der Waals surface area contributed by atoms with Gasteiger partial charge >= 0.3 is 0 Å². The molecule has 0 aliphatic rings. The van der Waals surface area contributed by atoms with Crippen LogP contribution in [-0.2, 0) is 0 Å². The molecule has 0 heterocycles. The standard InChI is InChI=1S/C21H28N4O2S/c1-16(28-19-7-5-4-6-8-19)15-25-21(22-2)24-14-13-23-20(26)17-9-11-18(27-3)12-10-17/h4-12,16H,13-15H2,1-3H3,(H,23,26)(H2,22,24,25). The SMILES string of the molecule is CN=C(NCCNC(=O)c1ccc(OC)cc1)NCC(C)Sc1ccccc1. The number of amides is 1. The quantitative estimate of drug-likeness (QED) is 0.261. The first-order valence-electron chi connectivity index (χ1n) is 9.21. The van der Waals surface area contributed by atoms with E-state index in [1.165, 1.54) is 4.90 Å². The van der Waals surface area contributed by atoms with Crippen LogP contribution in [-0.4, -0.2) is 50.9 Å². The van der Waals surface area contributed by atoms with Crippen LogP contribution in [0.1, 0.15) is 17.3 Å². The highest BCUT2D eigenvalue weighted by Crippen LogP contribution is 2.21. The lowest BCUT2D eigenvalue weighted by atomic mass is 10.2. The molecule has 0 aromatic heterocycles. The molecular weight excluding hydrogens is 372 g/mol. The smallest absolute Gasteiger partial charge is 0.251 e. The van der Waals surface area contributed by atoms with Gasteiger partial charge < -0.3 is 20.7 Å². The summed E-state index contributed by atoms with van der Waals surface area (Å²) in [4.78, 5) is 17.6. The number of rotatable bonds is 9. The van der Waals surface area contributed by atoms with Crippen molar-refractivity contribution >= 4 is 23.6 Å². The van der Waals surface area contributed by atoms with Crippen LogP contribution in [0.3, 0.4) is 0 Å². The average molecular weight is 401 g/mol. The number of methoxy groups -OCH3 is 1.